The molecule has 0 radical (unpaired) electrons. The third-order valence-electron chi connectivity index (χ3n) is 2.90. The molecule has 0 bridgehead atoms. The maximum Gasteiger partial charge on any atom is 0.234 e. The van der Waals surface area contributed by atoms with Gasteiger partial charge in [0.05, 0.1) is 18.2 Å². The van der Waals surface area contributed by atoms with Gasteiger partial charge in [-0.1, -0.05) is 6.07 Å². The highest BCUT2D eigenvalue weighted by molar-refractivity contribution is 5.78. The van der Waals surface area contributed by atoms with Gasteiger partial charge in [0.25, 0.3) is 0 Å². The van der Waals surface area contributed by atoms with Gasteiger partial charge in [-0.25, -0.2) is 8.78 Å². The lowest BCUT2D eigenvalue weighted by molar-refractivity contribution is -0.120. The van der Waals surface area contributed by atoms with Crippen LogP contribution in [0.25, 0.3) is 0 Å². The van der Waals surface area contributed by atoms with Gasteiger partial charge >= 0.3 is 0 Å². The minimum atomic E-state index is -1.32. The largest absolute Gasteiger partial charge is 0.387 e. The van der Waals surface area contributed by atoms with Crippen molar-refractivity contribution in [3.63, 3.8) is 0 Å². The van der Waals surface area contributed by atoms with Crippen molar-refractivity contribution in [3.05, 3.63) is 35.4 Å². The van der Waals surface area contributed by atoms with E-state index in [1.54, 1.807) is 0 Å². The van der Waals surface area contributed by atoms with Crippen molar-refractivity contribution in [1.82, 2.24) is 10.6 Å². The Hall–Kier alpha value is -1.53. The quantitative estimate of drug-likeness (QED) is 0.718. The first-order valence-electron chi connectivity index (χ1n) is 6.20. The summed E-state index contributed by atoms with van der Waals surface area (Å²) in [5.41, 5.74) is -0.377. The van der Waals surface area contributed by atoms with Crippen molar-refractivity contribution in [2.24, 2.45) is 0 Å². The topological polar surface area (TPSA) is 61.4 Å². The van der Waals surface area contributed by atoms with Gasteiger partial charge in [-0.3, -0.25) is 4.79 Å². The first kappa shape index (κ1) is 13.9. The molecule has 0 aliphatic heterocycles. The molecule has 0 saturated heterocycles. The van der Waals surface area contributed by atoms with E-state index in [9.17, 15) is 18.7 Å². The monoisotopic (exact) mass is 270 g/mol. The molecule has 19 heavy (non-hydrogen) atoms. The van der Waals surface area contributed by atoms with Crippen molar-refractivity contribution in [3.8, 4) is 0 Å². The average Bonchev–Trinajstić information content (AvgIpc) is 3.12. The molecule has 1 saturated carbocycles. The highest BCUT2D eigenvalue weighted by atomic mass is 19.1. The van der Waals surface area contributed by atoms with E-state index >= 15 is 0 Å². The van der Waals surface area contributed by atoms with Crippen LogP contribution in [-0.4, -0.2) is 30.1 Å². The molecule has 3 N–H and O–H groups in total. The van der Waals surface area contributed by atoms with Crippen LogP contribution in [-0.2, 0) is 4.79 Å². The first-order chi connectivity index (χ1) is 9.08. The Balaban J connectivity index is 1.80. The number of aliphatic hydroxyl groups excluding tert-OH is 1. The lowest BCUT2D eigenvalue weighted by Crippen LogP contribution is -2.36. The van der Waals surface area contributed by atoms with Gasteiger partial charge in [0.1, 0.15) is 11.6 Å². The Morgan fingerprint density at radius 2 is 2.00 bits per heavy atom. The van der Waals surface area contributed by atoms with E-state index in [1.165, 1.54) is 6.07 Å². The normalized spacial score (nSPS) is 16.2. The van der Waals surface area contributed by atoms with Crippen LogP contribution in [0.2, 0.25) is 0 Å². The Morgan fingerprint density at radius 3 is 2.58 bits per heavy atom. The van der Waals surface area contributed by atoms with E-state index in [0.29, 0.717) is 0 Å². The third-order valence-corrected chi connectivity index (χ3v) is 2.90. The maximum atomic E-state index is 13.4. The highest BCUT2D eigenvalue weighted by Gasteiger charge is 2.23. The minimum Gasteiger partial charge on any atom is -0.387 e. The van der Waals surface area contributed by atoms with Crippen molar-refractivity contribution in [2.45, 2.75) is 25.0 Å². The Labute approximate surface area is 109 Å². The Kier molecular flexibility index (Phi) is 4.44. The number of carbonyl (C=O) groups is 1. The van der Waals surface area contributed by atoms with Crippen LogP contribution in [0.3, 0.4) is 0 Å². The number of aliphatic hydroxyl groups is 1. The van der Waals surface area contributed by atoms with Gasteiger partial charge < -0.3 is 15.7 Å². The van der Waals surface area contributed by atoms with Crippen LogP contribution in [0.4, 0.5) is 8.78 Å². The van der Waals surface area contributed by atoms with Gasteiger partial charge in [-0.15, -0.1) is 0 Å². The number of amides is 1. The smallest absolute Gasteiger partial charge is 0.234 e. The van der Waals surface area contributed by atoms with E-state index in [0.717, 1.165) is 25.0 Å². The van der Waals surface area contributed by atoms with E-state index in [-0.39, 0.29) is 30.6 Å². The molecule has 1 unspecified atom stereocenters. The van der Waals surface area contributed by atoms with Crippen LogP contribution in [0.1, 0.15) is 24.5 Å². The lowest BCUT2D eigenvalue weighted by atomic mass is 10.1. The van der Waals surface area contributed by atoms with E-state index in [2.05, 4.69) is 10.6 Å². The number of rotatable bonds is 6. The molecular weight excluding hydrogens is 254 g/mol. The standard InChI is InChI=1S/C13H16F2N2O2/c14-9-2-1-3-10(15)13(9)11(18)6-16-7-12(19)17-8-4-5-8/h1-3,8,11,16,18H,4-7H2,(H,17,19). The molecular formula is C13H16F2N2O2. The molecule has 2 rings (SSSR count). The second-order valence-electron chi connectivity index (χ2n) is 4.62. The molecule has 0 aromatic heterocycles. The van der Waals surface area contributed by atoms with Gasteiger partial charge in [0.2, 0.25) is 5.91 Å². The number of halogens is 2. The van der Waals surface area contributed by atoms with Gasteiger partial charge in [0, 0.05) is 12.6 Å². The fraction of sp³-hybridized carbons (Fsp3) is 0.462. The molecule has 1 amide bonds. The number of carbonyl (C=O) groups excluding carboxylic acids is 1. The summed E-state index contributed by atoms with van der Waals surface area (Å²) < 4.78 is 26.7. The summed E-state index contributed by atoms with van der Waals surface area (Å²) in [6.07, 6.45) is 0.666. The summed E-state index contributed by atoms with van der Waals surface area (Å²) in [4.78, 5) is 11.3. The number of benzene rings is 1. The molecule has 0 heterocycles. The summed E-state index contributed by atoms with van der Waals surface area (Å²) in [6.45, 7) is -0.0699. The molecule has 4 nitrogen and oxygen atoms in total. The van der Waals surface area contributed by atoms with Gasteiger partial charge in [-0.2, -0.15) is 0 Å². The van der Waals surface area contributed by atoms with E-state index in [4.69, 9.17) is 0 Å². The molecule has 0 spiro atoms. The minimum absolute atomic E-state index is 0.0175. The Bertz CT molecular complexity index is 444. The fourth-order valence-electron chi connectivity index (χ4n) is 1.76. The van der Waals surface area contributed by atoms with Crippen molar-refractivity contribution >= 4 is 5.91 Å². The van der Waals surface area contributed by atoms with Crippen LogP contribution < -0.4 is 10.6 Å². The first-order valence-corrected chi connectivity index (χ1v) is 6.20. The number of nitrogens with one attached hydrogen (secondary N) is 2. The summed E-state index contributed by atoms with van der Waals surface area (Å²) in [6, 6.07) is 3.67. The molecule has 6 heteroatoms. The zero-order valence-corrected chi connectivity index (χ0v) is 10.3. The van der Waals surface area contributed by atoms with Crippen molar-refractivity contribution in [2.75, 3.05) is 13.1 Å². The van der Waals surface area contributed by atoms with E-state index in [1.807, 2.05) is 0 Å². The van der Waals surface area contributed by atoms with Crippen LogP contribution in [0, 0.1) is 11.6 Å². The molecule has 1 fully saturated rings. The predicted octanol–water partition coefficient (Wildman–Crippen LogP) is 0.866. The highest BCUT2D eigenvalue weighted by Crippen LogP contribution is 2.20. The lowest BCUT2D eigenvalue weighted by Gasteiger charge is -2.13. The van der Waals surface area contributed by atoms with Gasteiger partial charge in [-0.05, 0) is 25.0 Å². The number of hydrogen-bond donors (Lipinski definition) is 3. The second-order valence-corrected chi connectivity index (χ2v) is 4.62. The van der Waals surface area contributed by atoms with Gasteiger partial charge in [0.15, 0.2) is 0 Å². The average molecular weight is 270 g/mol. The van der Waals surface area contributed by atoms with E-state index < -0.39 is 17.7 Å². The molecule has 1 aromatic carbocycles. The third kappa shape index (κ3) is 3.97. The molecule has 1 aromatic rings. The summed E-state index contributed by atoms with van der Waals surface area (Å²) in [5, 5.41) is 15.1. The summed E-state index contributed by atoms with van der Waals surface area (Å²) >= 11 is 0. The summed E-state index contributed by atoms with van der Waals surface area (Å²) in [7, 11) is 0. The molecule has 1 atom stereocenters. The SMILES string of the molecule is O=C(CNCC(O)c1c(F)cccc1F)NC1CC1. The van der Waals surface area contributed by atoms with Crippen LogP contribution >= 0.6 is 0 Å². The fourth-order valence-corrected chi connectivity index (χ4v) is 1.76. The van der Waals surface area contributed by atoms with Crippen molar-refractivity contribution in [1.29, 1.82) is 0 Å². The molecule has 104 valence electrons. The van der Waals surface area contributed by atoms with Crippen LogP contribution in [0.15, 0.2) is 18.2 Å². The molecule has 1 aliphatic carbocycles. The zero-order valence-electron chi connectivity index (χ0n) is 10.3. The van der Waals surface area contributed by atoms with Crippen LogP contribution in [0.5, 0.6) is 0 Å². The molecule has 1 aliphatic rings. The second kappa shape index (κ2) is 6.08. The predicted molar refractivity (Wildman–Crippen MR) is 65.4 cm³/mol. The number of hydrogen-bond acceptors (Lipinski definition) is 3. The maximum absolute atomic E-state index is 13.4. The Morgan fingerprint density at radius 1 is 1.37 bits per heavy atom. The van der Waals surface area contributed by atoms with Crippen molar-refractivity contribution < 1.29 is 18.7 Å². The summed E-state index contributed by atoms with van der Waals surface area (Å²) in [5.74, 6) is -1.77. The zero-order chi connectivity index (χ0) is 13.8.